The summed E-state index contributed by atoms with van der Waals surface area (Å²) in [5, 5.41) is 16.6. The van der Waals surface area contributed by atoms with E-state index < -0.39 is 6.10 Å². The quantitative estimate of drug-likeness (QED) is 0.776. The molecule has 0 saturated carbocycles. The van der Waals surface area contributed by atoms with Gasteiger partial charge in [0.15, 0.2) is 0 Å². The maximum atomic E-state index is 12.1. The van der Waals surface area contributed by atoms with Gasteiger partial charge in [0.25, 0.3) is 5.91 Å². The summed E-state index contributed by atoms with van der Waals surface area (Å²) < 4.78 is 6.98. The van der Waals surface area contributed by atoms with E-state index in [4.69, 9.17) is 4.74 Å². The molecule has 23 heavy (non-hydrogen) atoms. The van der Waals surface area contributed by atoms with E-state index in [-0.39, 0.29) is 19.1 Å². The molecule has 1 amide bonds. The summed E-state index contributed by atoms with van der Waals surface area (Å²) in [6.07, 6.45) is 2.44. The maximum Gasteiger partial charge on any atom is 0.254 e. The number of amides is 1. The Hall–Kier alpha value is -2.18. The second-order valence-electron chi connectivity index (χ2n) is 5.80. The number of carbonyl (C=O) groups excluding carboxylic acids is 1. The first-order chi connectivity index (χ1) is 11.1. The summed E-state index contributed by atoms with van der Waals surface area (Å²) in [5.74, 6) is 0.149. The van der Waals surface area contributed by atoms with Crippen LogP contribution >= 0.6 is 0 Å². The van der Waals surface area contributed by atoms with Gasteiger partial charge in [0.05, 0.1) is 30.2 Å². The van der Waals surface area contributed by atoms with Gasteiger partial charge in [0.2, 0.25) is 0 Å². The number of hydrogen-bond acceptors (Lipinski definition) is 4. The Morgan fingerprint density at radius 2 is 2.04 bits per heavy atom. The molecular formula is C17H23N3O3. The molecule has 6 nitrogen and oxygen atoms in total. The van der Waals surface area contributed by atoms with E-state index in [9.17, 15) is 9.90 Å². The monoisotopic (exact) mass is 317 g/mol. The summed E-state index contributed by atoms with van der Waals surface area (Å²) >= 11 is 0. The maximum absolute atomic E-state index is 12.1. The van der Waals surface area contributed by atoms with Crippen molar-refractivity contribution in [2.24, 2.45) is 5.92 Å². The van der Waals surface area contributed by atoms with E-state index in [0.29, 0.717) is 18.1 Å². The lowest BCUT2D eigenvalue weighted by Crippen LogP contribution is -2.34. The molecule has 1 aromatic heterocycles. The number of para-hydroxylation sites is 1. The van der Waals surface area contributed by atoms with Gasteiger partial charge in [-0.3, -0.25) is 4.79 Å². The van der Waals surface area contributed by atoms with Crippen LogP contribution < -0.4 is 5.32 Å². The van der Waals surface area contributed by atoms with Gasteiger partial charge in [0.1, 0.15) is 0 Å². The van der Waals surface area contributed by atoms with Crippen LogP contribution in [0.2, 0.25) is 0 Å². The van der Waals surface area contributed by atoms with E-state index in [1.165, 1.54) is 6.20 Å². The number of aromatic nitrogens is 2. The van der Waals surface area contributed by atoms with Crippen LogP contribution in [-0.4, -0.2) is 46.7 Å². The number of hydrogen-bond donors (Lipinski definition) is 2. The largest absolute Gasteiger partial charge is 0.389 e. The minimum atomic E-state index is -0.720. The summed E-state index contributed by atoms with van der Waals surface area (Å²) in [4.78, 5) is 12.1. The molecule has 1 atom stereocenters. The average Bonchev–Trinajstić information content (AvgIpc) is 3.03. The first-order valence-electron chi connectivity index (χ1n) is 7.70. The highest BCUT2D eigenvalue weighted by molar-refractivity contribution is 5.93. The van der Waals surface area contributed by atoms with Gasteiger partial charge in [-0.25, -0.2) is 4.68 Å². The highest BCUT2D eigenvalue weighted by Gasteiger charge is 2.12. The molecule has 1 aromatic carbocycles. The fourth-order valence-electron chi connectivity index (χ4n) is 1.97. The van der Waals surface area contributed by atoms with Crippen molar-refractivity contribution in [2.45, 2.75) is 20.0 Å². The van der Waals surface area contributed by atoms with Gasteiger partial charge in [-0.15, -0.1) is 0 Å². The van der Waals surface area contributed by atoms with E-state index >= 15 is 0 Å². The standard InChI is InChI=1S/C17H23N3O3/c1-13(2)11-23-12-16(21)9-18-17(22)14-8-19-20(10-14)15-6-4-3-5-7-15/h3-8,10,13,16,21H,9,11-12H2,1-2H3,(H,18,22). The molecule has 124 valence electrons. The van der Waals surface area contributed by atoms with E-state index in [1.54, 1.807) is 10.9 Å². The van der Waals surface area contributed by atoms with Crippen molar-refractivity contribution in [3.63, 3.8) is 0 Å². The molecule has 1 unspecified atom stereocenters. The van der Waals surface area contributed by atoms with Crippen molar-refractivity contribution < 1.29 is 14.6 Å². The minimum absolute atomic E-state index is 0.146. The van der Waals surface area contributed by atoms with Crippen LogP contribution in [0.4, 0.5) is 0 Å². The number of rotatable bonds is 8. The molecule has 0 aliphatic carbocycles. The molecule has 0 aliphatic rings. The third-order valence-corrected chi connectivity index (χ3v) is 3.13. The van der Waals surface area contributed by atoms with E-state index in [2.05, 4.69) is 10.4 Å². The van der Waals surface area contributed by atoms with E-state index in [0.717, 1.165) is 5.69 Å². The van der Waals surface area contributed by atoms with Gasteiger partial charge >= 0.3 is 0 Å². The fraction of sp³-hybridized carbons (Fsp3) is 0.412. The Morgan fingerprint density at radius 1 is 1.30 bits per heavy atom. The second-order valence-corrected chi connectivity index (χ2v) is 5.80. The number of ether oxygens (including phenoxy) is 1. The Labute approximate surface area is 136 Å². The van der Waals surface area contributed by atoms with Crippen molar-refractivity contribution in [1.82, 2.24) is 15.1 Å². The molecule has 0 bridgehead atoms. The van der Waals surface area contributed by atoms with Crippen molar-refractivity contribution in [3.05, 3.63) is 48.3 Å². The second kappa shape index (κ2) is 8.45. The zero-order chi connectivity index (χ0) is 16.7. The zero-order valence-corrected chi connectivity index (χ0v) is 13.5. The number of carbonyl (C=O) groups is 1. The van der Waals surface area contributed by atoms with Crippen molar-refractivity contribution in [2.75, 3.05) is 19.8 Å². The van der Waals surface area contributed by atoms with E-state index in [1.807, 2.05) is 44.2 Å². The number of nitrogens with zero attached hydrogens (tertiary/aromatic N) is 2. The average molecular weight is 317 g/mol. The molecule has 0 spiro atoms. The van der Waals surface area contributed by atoms with Crippen molar-refractivity contribution in [1.29, 1.82) is 0 Å². The number of nitrogens with one attached hydrogen (secondary N) is 1. The molecule has 2 aromatic rings. The fourth-order valence-corrected chi connectivity index (χ4v) is 1.97. The third kappa shape index (κ3) is 5.50. The van der Waals surface area contributed by atoms with Crippen LogP contribution in [0.3, 0.4) is 0 Å². The predicted molar refractivity (Wildman–Crippen MR) is 87.6 cm³/mol. The topological polar surface area (TPSA) is 76.4 Å². The summed E-state index contributed by atoms with van der Waals surface area (Å²) in [5.41, 5.74) is 1.33. The first kappa shape index (κ1) is 17.2. The smallest absolute Gasteiger partial charge is 0.254 e. The lowest BCUT2D eigenvalue weighted by atomic mass is 10.2. The molecule has 0 saturated heterocycles. The summed E-state index contributed by atoms with van der Waals surface area (Å²) in [6, 6.07) is 9.55. The molecular weight excluding hydrogens is 294 g/mol. The Balaban J connectivity index is 1.81. The molecule has 2 rings (SSSR count). The zero-order valence-electron chi connectivity index (χ0n) is 13.5. The van der Waals surface area contributed by atoms with Crippen LogP contribution in [0.5, 0.6) is 0 Å². The molecule has 6 heteroatoms. The Morgan fingerprint density at radius 3 is 2.74 bits per heavy atom. The number of benzene rings is 1. The Bertz CT molecular complexity index is 611. The predicted octanol–water partition coefficient (Wildman–Crippen LogP) is 1.64. The van der Waals surface area contributed by atoms with Crippen LogP contribution in [0.25, 0.3) is 5.69 Å². The van der Waals surface area contributed by atoms with Gasteiger partial charge in [-0.1, -0.05) is 32.0 Å². The lowest BCUT2D eigenvalue weighted by molar-refractivity contribution is 0.0259. The van der Waals surface area contributed by atoms with Crippen LogP contribution in [0, 0.1) is 5.92 Å². The molecule has 0 radical (unpaired) electrons. The van der Waals surface area contributed by atoms with Gasteiger partial charge in [-0.2, -0.15) is 5.10 Å². The highest BCUT2D eigenvalue weighted by atomic mass is 16.5. The highest BCUT2D eigenvalue weighted by Crippen LogP contribution is 2.07. The van der Waals surface area contributed by atoms with Gasteiger partial charge in [-0.05, 0) is 18.1 Å². The van der Waals surface area contributed by atoms with Crippen LogP contribution in [0.15, 0.2) is 42.7 Å². The van der Waals surface area contributed by atoms with Crippen LogP contribution in [-0.2, 0) is 4.74 Å². The molecule has 0 fully saturated rings. The lowest BCUT2D eigenvalue weighted by Gasteiger charge is -2.13. The normalized spacial score (nSPS) is 12.3. The minimum Gasteiger partial charge on any atom is -0.389 e. The summed E-state index contributed by atoms with van der Waals surface area (Å²) in [6.45, 7) is 5.03. The molecule has 0 aliphatic heterocycles. The number of aliphatic hydroxyl groups is 1. The van der Waals surface area contributed by atoms with Crippen molar-refractivity contribution >= 4 is 5.91 Å². The van der Waals surface area contributed by atoms with Crippen molar-refractivity contribution in [3.8, 4) is 5.69 Å². The third-order valence-electron chi connectivity index (χ3n) is 3.13. The number of aliphatic hydroxyl groups excluding tert-OH is 1. The molecule has 2 N–H and O–H groups in total. The summed E-state index contributed by atoms with van der Waals surface area (Å²) in [7, 11) is 0. The first-order valence-corrected chi connectivity index (χ1v) is 7.70. The van der Waals surface area contributed by atoms with Crippen LogP contribution in [0.1, 0.15) is 24.2 Å². The Kier molecular flexibility index (Phi) is 6.31. The SMILES string of the molecule is CC(C)COCC(O)CNC(=O)c1cnn(-c2ccccc2)c1. The van der Waals surface area contributed by atoms with Gasteiger partial charge in [0, 0.05) is 19.3 Å². The van der Waals surface area contributed by atoms with Gasteiger partial charge < -0.3 is 15.2 Å². The molecule has 1 heterocycles.